The van der Waals surface area contributed by atoms with E-state index < -0.39 is 6.04 Å². The van der Waals surface area contributed by atoms with Crippen LogP contribution in [0.2, 0.25) is 0 Å². The molecule has 2 heterocycles. The van der Waals surface area contributed by atoms with Crippen molar-refractivity contribution in [3.8, 4) is 0 Å². The number of carbonyl (C=O) groups is 1. The van der Waals surface area contributed by atoms with Crippen LogP contribution in [-0.2, 0) is 9.53 Å². The van der Waals surface area contributed by atoms with E-state index in [1.807, 2.05) is 0 Å². The molecular weight excluding hydrogens is 196 g/mol. The van der Waals surface area contributed by atoms with Crippen molar-refractivity contribution in [1.82, 2.24) is 4.57 Å². The van der Waals surface area contributed by atoms with Gasteiger partial charge in [0.25, 0.3) is 5.56 Å². The Balaban J connectivity index is 2.56. The van der Waals surface area contributed by atoms with Gasteiger partial charge in [-0.15, -0.1) is 0 Å². The van der Waals surface area contributed by atoms with Crippen LogP contribution in [0.4, 0.5) is 5.69 Å². The zero-order valence-corrected chi connectivity index (χ0v) is 8.40. The van der Waals surface area contributed by atoms with E-state index in [-0.39, 0.29) is 11.5 Å². The number of nitrogens with zero attached hydrogens (tertiary/aromatic N) is 1. The Kier molecular flexibility index (Phi) is 2.22. The second kappa shape index (κ2) is 3.42. The minimum absolute atomic E-state index is 0.217. The van der Waals surface area contributed by atoms with Crippen LogP contribution in [-0.4, -0.2) is 17.1 Å². The quantitative estimate of drug-likeness (QED) is 0.670. The smallest absolute Gasteiger partial charge is 0.329 e. The van der Waals surface area contributed by atoms with Gasteiger partial charge in [0.05, 0.1) is 12.3 Å². The third-order valence-electron chi connectivity index (χ3n) is 2.64. The fourth-order valence-electron chi connectivity index (χ4n) is 1.77. The second-order valence-electron chi connectivity index (χ2n) is 3.55. The average molecular weight is 208 g/mol. The summed E-state index contributed by atoms with van der Waals surface area (Å²) in [5, 5.41) is 0. The molecule has 2 rings (SSSR count). The van der Waals surface area contributed by atoms with Gasteiger partial charge in [-0.2, -0.15) is 0 Å². The summed E-state index contributed by atoms with van der Waals surface area (Å²) in [6, 6.07) is 2.41. The molecule has 1 aliphatic rings. The molecule has 0 saturated carbocycles. The average Bonchev–Trinajstić information content (AvgIpc) is 2.60. The van der Waals surface area contributed by atoms with E-state index in [9.17, 15) is 9.59 Å². The minimum atomic E-state index is -0.513. The highest BCUT2D eigenvalue weighted by atomic mass is 16.5. The van der Waals surface area contributed by atoms with Gasteiger partial charge in [0.15, 0.2) is 0 Å². The molecule has 15 heavy (non-hydrogen) atoms. The van der Waals surface area contributed by atoms with Crippen molar-refractivity contribution in [2.45, 2.75) is 19.4 Å². The molecule has 1 fully saturated rings. The number of ether oxygens (including phenoxy) is 1. The zero-order valence-electron chi connectivity index (χ0n) is 8.40. The lowest BCUT2D eigenvalue weighted by Crippen LogP contribution is -2.29. The summed E-state index contributed by atoms with van der Waals surface area (Å²) in [5.41, 5.74) is 6.60. The Hall–Kier alpha value is -1.78. The number of hydrogen-bond acceptors (Lipinski definition) is 4. The molecule has 1 atom stereocenters. The first-order valence-electron chi connectivity index (χ1n) is 4.75. The molecule has 0 aromatic carbocycles. The molecule has 1 aromatic rings. The SMILES string of the molecule is Cc1c(N)ccc(=O)n1C1CCOC1=O. The molecule has 5 heteroatoms. The minimum Gasteiger partial charge on any atom is -0.464 e. The molecule has 1 saturated heterocycles. The number of aromatic nitrogens is 1. The van der Waals surface area contributed by atoms with Gasteiger partial charge in [-0.25, -0.2) is 4.79 Å². The largest absolute Gasteiger partial charge is 0.464 e. The van der Waals surface area contributed by atoms with E-state index in [4.69, 9.17) is 10.5 Å². The van der Waals surface area contributed by atoms with Crippen molar-refractivity contribution in [1.29, 1.82) is 0 Å². The van der Waals surface area contributed by atoms with E-state index in [1.165, 1.54) is 10.6 Å². The number of nitrogen functional groups attached to an aromatic ring is 1. The topological polar surface area (TPSA) is 74.3 Å². The Morgan fingerprint density at radius 3 is 2.80 bits per heavy atom. The van der Waals surface area contributed by atoms with E-state index in [1.54, 1.807) is 13.0 Å². The molecule has 1 aliphatic heterocycles. The van der Waals surface area contributed by atoms with Crippen molar-refractivity contribution in [3.63, 3.8) is 0 Å². The van der Waals surface area contributed by atoms with Crippen molar-refractivity contribution in [2.75, 3.05) is 12.3 Å². The molecule has 1 unspecified atom stereocenters. The van der Waals surface area contributed by atoms with Crippen LogP contribution in [0.15, 0.2) is 16.9 Å². The van der Waals surface area contributed by atoms with Crippen molar-refractivity contribution in [2.24, 2.45) is 0 Å². The van der Waals surface area contributed by atoms with Gasteiger partial charge >= 0.3 is 5.97 Å². The summed E-state index contributed by atoms with van der Waals surface area (Å²) < 4.78 is 6.24. The number of carbonyl (C=O) groups excluding carboxylic acids is 1. The molecule has 0 bridgehead atoms. The lowest BCUT2D eigenvalue weighted by molar-refractivity contribution is -0.140. The van der Waals surface area contributed by atoms with Crippen LogP contribution < -0.4 is 11.3 Å². The number of rotatable bonds is 1. The van der Waals surface area contributed by atoms with Crippen LogP contribution in [0.1, 0.15) is 18.2 Å². The molecule has 80 valence electrons. The first-order valence-corrected chi connectivity index (χ1v) is 4.75. The molecule has 0 amide bonds. The zero-order chi connectivity index (χ0) is 11.0. The summed E-state index contributed by atoms with van der Waals surface area (Å²) in [5.74, 6) is -0.356. The van der Waals surface area contributed by atoms with Crippen LogP contribution in [0, 0.1) is 6.92 Å². The van der Waals surface area contributed by atoms with Gasteiger partial charge in [-0.3, -0.25) is 9.36 Å². The third-order valence-corrected chi connectivity index (χ3v) is 2.64. The molecular formula is C10H12N2O3. The maximum absolute atomic E-state index is 11.6. The highest BCUT2D eigenvalue weighted by Gasteiger charge is 2.30. The molecule has 0 aliphatic carbocycles. The number of cyclic esters (lactones) is 1. The maximum atomic E-state index is 11.6. The van der Waals surface area contributed by atoms with Crippen LogP contribution in [0.3, 0.4) is 0 Å². The normalized spacial score (nSPS) is 20.3. The summed E-state index contributed by atoms with van der Waals surface area (Å²) in [6.07, 6.45) is 0.531. The van der Waals surface area contributed by atoms with Crippen LogP contribution in [0.5, 0.6) is 0 Å². The summed E-state index contributed by atoms with van der Waals surface area (Å²) >= 11 is 0. The van der Waals surface area contributed by atoms with Crippen molar-refractivity contribution in [3.05, 3.63) is 28.2 Å². The Morgan fingerprint density at radius 2 is 2.20 bits per heavy atom. The van der Waals surface area contributed by atoms with Gasteiger partial charge < -0.3 is 10.5 Å². The van der Waals surface area contributed by atoms with Crippen molar-refractivity contribution >= 4 is 11.7 Å². The Bertz CT molecular complexity index is 464. The van der Waals surface area contributed by atoms with Crippen LogP contribution >= 0.6 is 0 Å². The first-order chi connectivity index (χ1) is 7.11. The number of esters is 1. The van der Waals surface area contributed by atoms with Crippen LogP contribution in [0.25, 0.3) is 0 Å². The molecule has 5 nitrogen and oxygen atoms in total. The van der Waals surface area contributed by atoms with Gasteiger partial charge in [-0.05, 0) is 13.0 Å². The fraction of sp³-hybridized carbons (Fsp3) is 0.400. The van der Waals surface area contributed by atoms with Gasteiger partial charge in [-0.1, -0.05) is 0 Å². The first kappa shape index (κ1) is 9.76. The predicted octanol–water partition coefficient (Wildman–Crippen LogP) is 0.227. The summed E-state index contributed by atoms with van der Waals surface area (Å²) in [7, 11) is 0. The number of nitrogens with two attached hydrogens (primary N) is 1. The fourth-order valence-corrected chi connectivity index (χ4v) is 1.77. The number of pyridine rings is 1. The number of hydrogen-bond donors (Lipinski definition) is 1. The van der Waals surface area contributed by atoms with E-state index in [0.717, 1.165) is 0 Å². The standard InChI is InChI=1S/C10H12N2O3/c1-6-7(11)2-3-9(13)12(6)8-4-5-15-10(8)14/h2-3,8H,4-5,11H2,1H3. The lowest BCUT2D eigenvalue weighted by atomic mass is 10.2. The monoisotopic (exact) mass is 208 g/mol. The lowest BCUT2D eigenvalue weighted by Gasteiger charge is -2.14. The predicted molar refractivity (Wildman–Crippen MR) is 54.5 cm³/mol. The molecule has 1 aromatic heterocycles. The third kappa shape index (κ3) is 1.49. The highest BCUT2D eigenvalue weighted by Crippen LogP contribution is 2.21. The van der Waals surface area contributed by atoms with Gasteiger partial charge in [0, 0.05) is 18.2 Å². The van der Waals surface area contributed by atoms with E-state index >= 15 is 0 Å². The molecule has 0 radical (unpaired) electrons. The number of anilines is 1. The highest BCUT2D eigenvalue weighted by molar-refractivity contribution is 5.76. The maximum Gasteiger partial charge on any atom is 0.329 e. The summed E-state index contributed by atoms with van der Waals surface area (Å²) in [4.78, 5) is 23.0. The molecule has 0 spiro atoms. The van der Waals surface area contributed by atoms with Gasteiger partial charge in [0.1, 0.15) is 6.04 Å². The van der Waals surface area contributed by atoms with E-state index in [0.29, 0.717) is 24.4 Å². The van der Waals surface area contributed by atoms with Gasteiger partial charge in [0.2, 0.25) is 0 Å². The van der Waals surface area contributed by atoms with E-state index in [2.05, 4.69) is 0 Å². The van der Waals surface area contributed by atoms with Crippen molar-refractivity contribution < 1.29 is 9.53 Å². The Labute approximate surface area is 86.5 Å². The summed E-state index contributed by atoms with van der Waals surface area (Å²) in [6.45, 7) is 2.09. The second-order valence-corrected chi connectivity index (χ2v) is 3.55. The Morgan fingerprint density at radius 1 is 1.47 bits per heavy atom. The molecule has 2 N–H and O–H groups in total.